The fourth-order valence-electron chi connectivity index (χ4n) is 1.76. The molecule has 1 N–H and O–H groups in total. The van der Waals surface area contributed by atoms with Crippen molar-refractivity contribution in [3.63, 3.8) is 0 Å². The minimum atomic E-state index is 0.333. The van der Waals surface area contributed by atoms with E-state index in [2.05, 4.69) is 37.8 Å². The Morgan fingerprint density at radius 1 is 1.12 bits per heavy atom. The van der Waals surface area contributed by atoms with Crippen LogP contribution >= 0.6 is 12.6 Å². The highest BCUT2D eigenvalue weighted by Crippen LogP contribution is 2.23. The highest BCUT2D eigenvalue weighted by atomic mass is 32.1. The van der Waals surface area contributed by atoms with E-state index in [9.17, 15) is 5.11 Å². The van der Waals surface area contributed by atoms with Crippen molar-refractivity contribution in [1.29, 1.82) is 0 Å². The number of phenols is 1. The molecule has 0 fully saturated rings. The van der Waals surface area contributed by atoms with Gasteiger partial charge in [-0.1, -0.05) is 29.8 Å². The number of hydrogen-bond donors (Lipinski definition) is 2. The molecule has 82 valence electrons. The molecule has 0 aliphatic carbocycles. The van der Waals surface area contributed by atoms with E-state index in [1.807, 2.05) is 12.1 Å². The lowest BCUT2D eigenvalue weighted by molar-refractivity contribution is 0.469. The molecule has 0 heterocycles. The summed E-state index contributed by atoms with van der Waals surface area (Å²) in [5.74, 6) is 0.333. The number of aromatic hydroxyl groups is 1. The molecular formula is C14H14OS. The van der Waals surface area contributed by atoms with Crippen LogP contribution in [0.15, 0.2) is 47.4 Å². The second kappa shape index (κ2) is 4.62. The SMILES string of the molecule is Cc1cccc(Cc2cc(S)ccc2O)c1. The van der Waals surface area contributed by atoms with Crippen LogP contribution in [0.5, 0.6) is 5.75 Å². The second-order valence-corrected chi connectivity index (χ2v) is 4.50. The van der Waals surface area contributed by atoms with E-state index in [1.165, 1.54) is 11.1 Å². The van der Waals surface area contributed by atoms with E-state index in [0.29, 0.717) is 5.75 Å². The molecule has 0 radical (unpaired) electrons. The highest BCUT2D eigenvalue weighted by molar-refractivity contribution is 7.80. The van der Waals surface area contributed by atoms with Crippen LogP contribution in [0.3, 0.4) is 0 Å². The zero-order chi connectivity index (χ0) is 11.5. The van der Waals surface area contributed by atoms with E-state index in [4.69, 9.17) is 0 Å². The summed E-state index contributed by atoms with van der Waals surface area (Å²) in [6.07, 6.45) is 0.738. The number of hydrogen-bond acceptors (Lipinski definition) is 2. The number of phenolic OH excluding ortho intramolecular Hbond substituents is 1. The highest BCUT2D eigenvalue weighted by Gasteiger charge is 2.03. The van der Waals surface area contributed by atoms with E-state index >= 15 is 0 Å². The van der Waals surface area contributed by atoms with Crippen LogP contribution in [-0.2, 0) is 6.42 Å². The first-order valence-electron chi connectivity index (χ1n) is 5.21. The number of rotatable bonds is 2. The quantitative estimate of drug-likeness (QED) is 0.756. The molecule has 0 aromatic heterocycles. The molecule has 0 spiro atoms. The largest absolute Gasteiger partial charge is 0.508 e. The molecule has 0 aliphatic rings. The lowest BCUT2D eigenvalue weighted by Crippen LogP contribution is -1.89. The minimum Gasteiger partial charge on any atom is -0.508 e. The van der Waals surface area contributed by atoms with Crippen LogP contribution in [0.25, 0.3) is 0 Å². The first kappa shape index (κ1) is 11.1. The van der Waals surface area contributed by atoms with Crippen LogP contribution in [-0.4, -0.2) is 5.11 Å². The van der Waals surface area contributed by atoms with Crippen LogP contribution in [0.1, 0.15) is 16.7 Å². The Labute approximate surface area is 101 Å². The summed E-state index contributed by atoms with van der Waals surface area (Å²) in [5, 5.41) is 9.73. The van der Waals surface area contributed by atoms with E-state index in [-0.39, 0.29) is 0 Å². The normalized spacial score (nSPS) is 10.4. The number of thiol groups is 1. The maximum atomic E-state index is 9.73. The number of benzene rings is 2. The average molecular weight is 230 g/mol. The van der Waals surface area contributed by atoms with Crippen molar-refractivity contribution in [1.82, 2.24) is 0 Å². The molecule has 2 rings (SSSR count). The molecular weight excluding hydrogens is 216 g/mol. The molecule has 2 aromatic carbocycles. The standard InChI is InChI=1S/C14H14OS/c1-10-3-2-4-11(7-10)8-12-9-13(16)5-6-14(12)15/h2-7,9,15-16H,8H2,1H3. The molecule has 0 aliphatic heterocycles. The monoisotopic (exact) mass is 230 g/mol. The molecule has 0 amide bonds. The van der Waals surface area contributed by atoms with E-state index < -0.39 is 0 Å². The van der Waals surface area contributed by atoms with Gasteiger partial charge in [0, 0.05) is 11.3 Å². The summed E-state index contributed by atoms with van der Waals surface area (Å²) in [6.45, 7) is 2.07. The summed E-state index contributed by atoms with van der Waals surface area (Å²) in [7, 11) is 0. The van der Waals surface area contributed by atoms with Gasteiger partial charge in [-0.15, -0.1) is 12.6 Å². The Hall–Kier alpha value is -1.41. The first-order valence-corrected chi connectivity index (χ1v) is 5.66. The third-order valence-corrected chi connectivity index (χ3v) is 2.82. The van der Waals surface area contributed by atoms with Gasteiger partial charge < -0.3 is 5.11 Å². The van der Waals surface area contributed by atoms with Crippen LogP contribution in [0, 0.1) is 6.92 Å². The predicted molar refractivity (Wildman–Crippen MR) is 69.3 cm³/mol. The molecule has 0 unspecified atom stereocenters. The van der Waals surface area contributed by atoms with Gasteiger partial charge in [0.15, 0.2) is 0 Å². The van der Waals surface area contributed by atoms with Crippen molar-refractivity contribution >= 4 is 12.6 Å². The average Bonchev–Trinajstić information content (AvgIpc) is 2.24. The van der Waals surface area contributed by atoms with Crippen molar-refractivity contribution in [2.75, 3.05) is 0 Å². The topological polar surface area (TPSA) is 20.2 Å². The van der Waals surface area contributed by atoms with Crippen molar-refractivity contribution in [3.05, 3.63) is 59.2 Å². The van der Waals surface area contributed by atoms with Gasteiger partial charge in [-0.25, -0.2) is 0 Å². The fourth-order valence-corrected chi connectivity index (χ4v) is 1.99. The van der Waals surface area contributed by atoms with Gasteiger partial charge in [-0.2, -0.15) is 0 Å². The fraction of sp³-hybridized carbons (Fsp3) is 0.143. The van der Waals surface area contributed by atoms with Gasteiger partial charge in [0.2, 0.25) is 0 Å². The Kier molecular flexibility index (Phi) is 3.20. The third kappa shape index (κ3) is 2.58. The number of aryl methyl sites for hydroxylation is 1. The van der Waals surface area contributed by atoms with Gasteiger partial charge in [-0.05, 0) is 36.2 Å². The van der Waals surface area contributed by atoms with Crippen LogP contribution in [0.4, 0.5) is 0 Å². The molecule has 0 bridgehead atoms. The molecule has 0 atom stereocenters. The second-order valence-electron chi connectivity index (χ2n) is 3.98. The van der Waals surface area contributed by atoms with Gasteiger partial charge >= 0.3 is 0 Å². The van der Waals surface area contributed by atoms with Crippen LogP contribution in [0.2, 0.25) is 0 Å². The zero-order valence-corrected chi connectivity index (χ0v) is 10.0. The van der Waals surface area contributed by atoms with E-state index in [0.717, 1.165) is 16.9 Å². The Morgan fingerprint density at radius 2 is 1.94 bits per heavy atom. The summed E-state index contributed by atoms with van der Waals surface area (Å²) in [4.78, 5) is 0.875. The molecule has 1 nitrogen and oxygen atoms in total. The molecule has 2 heteroatoms. The lowest BCUT2D eigenvalue weighted by atomic mass is 10.0. The molecule has 0 saturated carbocycles. The zero-order valence-electron chi connectivity index (χ0n) is 9.14. The Bertz CT molecular complexity index is 506. The summed E-state index contributed by atoms with van der Waals surface area (Å²) < 4.78 is 0. The summed E-state index contributed by atoms with van der Waals surface area (Å²) in [5.41, 5.74) is 3.35. The Balaban J connectivity index is 2.30. The van der Waals surface area contributed by atoms with Gasteiger partial charge in [-0.3, -0.25) is 0 Å². The smallest absolute Gasteiger partial charge is 0.119 e. The van der Waals surface area contributed by atoms with Crippen molar-refractivity contribution in [2.24, 2.45) is 0 Å². The van der Waals surface area contributed by atoms with Crippen LogP contribution < -0.4 is 0 Å². The third-order valence-electron chi connectivity index (χ3n) is 2.54. The summed E-state index contributed by atoms with van der Waals surface area (Å²) >= 11 is 4.28. The van der Waals surface area contributed by atoms with Crippen molar-refractivity contribution < 1.29 is 5.11 Å². The molecule has 2 aromatic rings. The summed E-state index contributed by atoms with van der Waals surface area (Å²) in [6, 6.07) is 13.7. The van der Waals surface area contributed by atoms with Gasteiger partial charge in [0.25, 0.3) is 0 Å². The Morgan fingerprint density at radius 3 is 2.69 bits per heavy atom. The molecule has 0 saturated heterocycles. The van der Waals surface area contributed by atoms with E-state index in [1.54, 1.807) is 12.1 Å². The first-order chi connectivity index (χ1) is 7.65. The maximum Gasteiger partial charge on any atom is 0.119 e. The van der Waals surface area contributed by atoms with Crippen molar-refractivity contribution in [3.8, 4) is 5.75 Å². The predicted octanol–water partition coefficient (Wildman–Crippen LogP) is 3.58. The van der Waals surface area contributed by atoms with Crippen molar-refractivity contribution in [2.45, 2.75) is 18.2 Å². The molecule has 16 heavy (non-hydrogen) atoms. The maximum absolute atomic E-state index is 9.73. The van der Waals surface area contributed by atoms with Gasteiger partial charge in [0.05, 0.1) is 0 Å². The minimum absolute atomic E-state index is 0.333. The lowest BCUT2D eigenvalue weighted by Gasteiger charge is -2.06. The van der Waals surface area contributed by atoms with Gasteiger partial charge in [0.1, 0.15) is 5.75 Å².